The van der Waals surface area contributed by atoms with E-state index in [1.54, 1.807) is 0 Å². The average Bonchev–Trinajstić information content (AvgIpc) is 3.38. The van der Waals surface area contributed by atoms with Crippen molar-refractivity contribution < 1.29 is 4.74 Å². The number of nitrogens with one attached hydrogen (secondary N) is 1. The first-order valence-corrected chi connectivity index (χ1v) is 7.75. The third kappa shape index (κ3) is 4.09. The van der Waals surface area contributed by atoms with Gasteiger partial charge in [-0.15, -0.1) is 0 Å². The predicted molar refractivity (Wildman–Crippen MR) is 86.4 cm³/mol. The van der Waals surface area contributed by atoms with Gasteiger partial charge in [-0.25, -0.2) is 0 Å². The van der Waals surface area contributed by atoms with Crippen LogP contribution in [-0.4, -0.2) is 6.54 Å². The molecule has 1 saturated carbocycles. The first-order chi connectivity index (χ1) is 10.8. The van der Waals surface area contributed by atoms with Crippen LogP contribution in [0.1, 0.15) is 29.5 Å². The number of rotatable bonds is 7. The fourth-order valence-electron chi connectivity index (χ4n) is 2.40. The summed E-state index contributed by atoms with van der Waals surface area (Å²) in [7, 11) is 0. The number of benzene rings is 2. The van der Waals surface area contributed by atoms with Crippen molar-refractivity contribution in [2.45, 2.75) is 26.0 Å². The number of nitrogens with zero attached hydrogens (tertiary/aromatic N) is 1. The molecule has 0 saturated heterocycles. The lowest BCUT2D eigenvalue weighted by Gasteiger charge is -2.10. The Labute approximate surface area is 131 Å². The summed E-state index contributed by atoms with van der Waals surface area (Å²) in [6.45, 7) is 2.41. The van der Waals surface area contributed by atoms with E-state index in [2.05, 4.69) is 23.5 Å². The molecule has 2 aromatic carbocycles. The minimum absolute atomic E-state index is 0.419. The average molecular weight is 292 g/mol. The van der Waals surface area contributed by atoms with Crippen LogP contribution in [0.3, 0.4) is 0 Å². The minimum Gasteiger partial charge on any atom is -0.489 e. The molecule has 0 spiro atoms. The van der Waals surface area contributed by atoms with Crippen molar-refractivity contribution >= 4 is 0 Å². The number of hydrogen-bond donors (Lipinski definition) is 1. The third-order valence-electron chi connectivity index (χ3n) is 3.89. The van der Waals surface area contributed by atoms with Gasteiger partial charge in [0.15, 0.2) is 0 Å². The molecule has 1 aliphatic rings. The molecule has 2 aromatic rings. The molecular formula is C19H20N2O. The van der Waals surface area contributed by atoms with Crippen molar-refractivity contribution in [2.75, 3.05) is 6.54 Å². The lowest BCUT2D eigenvalue weighted by atomic mass is 10.1. The van der Waals surface area contributed by atoms with Crippen molar-refractivity contribution in [3.63, 3.8) is 0 Å². The molecule has 0 unspecified atom stereocenters. The van der Waals surface area contributed by atoms with Crippen molar-refractivity contribution in [1.29, 1.82) is 5.26 Å². The molecule has 3 rings (SSSR count). The summed E-state index contributed by atoms with van der Waals surface area (Å²) in [5, 5.41) is 12.6. The first-order valence-electron chi connectivity index (χ1n) is 7.75. The summed E-state index contributed by atoms with van der Waals surface area (Å²) >= 11 is 0. The maximum absolute atomic E-state index is 9.09. The zero-order valence-corrected chi connectivity index (χ0v) is 12.6. The molecule has 0 aliphatic heterocycles. The monoisotopic (exact) mass is 292 g/mol. The summed E-state index contributed by atoms with van der Waals surface area (Å²) in [4.78, 5) is 0. The lowest BCUT2D eigenvalue weighted by Crippen LogP contribution is -2.16. The van der Waals surface area contributed by atoms with Crippen LogP contribution in [0.15, 0.2) is 48.5 Å². The Kier molecular flexibility index (Phi) is 4.72. The summed E-state index contributed by atoms with van der Waals surface area (Å²) in [5.41, 5.74) is 2.82. The summed E-state index contributed by atoms with van der Waals surface area (Å²) in [5.74, 6) is 1.74. The van der Waals surface area contributed by atoms with Gasteiger partial charge in [0.05, 0.1) is 11.6 Å². The molecule has 1 N–H and O–H groups in total. The van der Waals surface area contributed by atoms with E-state index in [1.165, 1.54) is 18.4 Å². The quantitative estimate of drug-likeness (QED) is 0.847. The van der Waals surface area contributed by atoms with Crippen LogP contribution < -0.4 is 10.1 Å². The van der Waals surface area contributed by atoms with E-state index >= 15 is 0 Å². The molecule has 1 aliphatic carbocycles. The maximum atomic E-state index is 9.09. The summed E-state index contributed by atoms with van der Waals surface area (Å²) in [6, 6.07) is 17.9. The van der Waals surface area contributed by atoms with E-state index in [4.69, 9.17) is 10.00 Å². The van der Waals surface area contributed by atoms with Gasteiger partial charge in [0.2, 0.25) is 0 Å². The molecule has 3 nitrogen and oxygen atoms in total. The van der Waals surface area contributed by atoms with Crippen LogP contribution >= 0.6 is 0 Å². The molecule has 0 amide bonds. The normalized spacial score (nSPS) is 13.6. The molecule has 0 bridgehead atoms. The number of nitriles is 1. The van der Waals surface area contributed by atoms with Gasteiger partial charge in [-0.05, 0) is 49.1 Å². The highest BCUT2D eigenvalue weighted by Gasteiger charge is 2.20. The SMILES string of the molecule is N#Cc1ccccc1COc1cccc(CNCC2CC2)c1. The Morgan fingerprint density at radius 2 is 2.00 bits per heavy atom. The van der Waals surface area contributed by atoms with Gasteiger partial charge in [0.25, 0.3) is 0 Å². The predicted octanol–water partition coefficient (Wildman–Crippen LogP) is 3.64. The molecule has 1 fully saturated rings. The maximum Gasteiger partial charge on any atom is 0.120 e. The highest BCUT2D eigenvalue weighted by molar-refractivity contribution is 5.37. The number of ether oxygens (including phenoxy) is 1. The van der Waals surface area contributed by atoms with E-state index in [1.807, 2.05) is 36.4 Å². The zero-order chi connectivity index (χ0) is 15.2. The Balaban J connectivity index is 1.56. The van der Waals surface area contributed by atoms with Gasteiger partial charge in [0, 0.05) is 12.1 Å². The second kappa shape index (κ2) is 7.11. The zero-order valence-electron chi connectivity index (χ0n) is 12.6. The van der Waals surface area contributed by atoms with Gasteiger partial charge in [-0.2, -0.15) is 5.26 Å². The Hall–Kier alpha value is -2.31. The van der Waals surface area contributed by atoms with E-state index in [0.717, 1.165) is 30.3 Å². The molecule has 112 valence electrons. The van der Waals surface area contributed by atoms with Gasteiger partial charge in [0.1, 0.15) is 12.4 Å². The van der Waals surface area contributed by atoms with Crippen molar-refractivity contribution in [3.8, 4) is 11.8 Å². The van der Waals surface area contributed by atoms with Crippen LogP contribution in [0, 0.1) is 17.2 Å². The summed E-state index contributed by atoms with van der Waals surface area (Å²) in [6.07, 6.45) is 2.74. The molecule has 0 radical (unpaired) electrons. The van der Waals surface area contributed by atoms with E-state index < -0.39 is 0 Å². The minimum atomic E-state index is 0.419. The molecule has 22 heavy (non-hydrogen) atoms. The Morgan fingerprint density at radius 3 is 2.82 bits per heavy atom. The van der Waals surface area contributed by atoms with E-state index in [0.29, 0.717) is 12.2 Å². The second-order valence-corrected chi connectivity index (χ2v) is 5.78. The fraction of sp³-hybridized carbons (Fsp3) is 0.316. The van der Waals surface area contributed by atoms with Crippen LogP contribution in [-0.2, 0) is 13.2 Å². The fourth-order valence-corrected chi connectivity index (χ4v) is 2.40. The van der Waals surface area contributed by atoms with Crippen LogP contribution in [0.2, 0.25) is 0 Å². The van der Waals surface area contributed by atoms with Gasteiger partial charge in [-0.1, -0.05) is 30.3 Å². The van der Waals surface area contributed by atoms with Crippen LogP contribution in [0.25, 0.3) is 0 Å². The number of hydrogen-bond acceptors (Lipinski definition) is 3. The Bertz CT molecular complexity index is 671. The van der Waals surface area contributed by atoms with E-state index in [9.17, 15) is 0 Å². The lowest BCUT2D eigenvalue weighted by molar-refractivity contribution is 0.305. The van der Waals surface area contributed by atoms with Crippen molar-refractivity contribution in [2.24, 2.45) is 5.92 Å². The molecule has 0 aromatic heterocycles. The highest BCUT2D eigenvalue weighted by Crippen LogP contribution is 2.27. The van der Waals surface area contributed by atoms with Crippen LogP contribution in [0.4, 0.5) is 0 Å². The topological polar surface area (TPSA) is 45.0 Å². The molecule has 0 heterocycles. The smallest absolute Gasteiger partial charge is 0.120 e. The van der Waals surface area contributed by atoms with Gasteiger partial charge < -0.3 is 10.1 Å². The van der Waals surface area contributed by atoms with Gasteiger partial charge >= 0.3 is 0 Å². The largest absolute Gasteiger partial charge is 0.489 e. The second-order valence-electron chi connectivity index (χ2n) is 5.78. The summed E-state index contributed by atoms with van der Waals surface area (Å²) < 4.78 is 5.84. The molecule has 3 heteroatoms. The molecule has 0 atom stereocenters. The van der Waals surface area contributed by atoms with Crippen LogP contribution in [0.5, 0.6) is 5.75 Å². The molecular weight excluding hydrogens is 272 g/mol. The van der Waals surface area contributed by atoms with Crippen molar-refractivity contribution in [3.05, 3.63) is 65.2 Å². The Morgan fingerprint density at radius 1 is 1.14 bits per heavy atom. The first kappa shape index (κ1) is 14.6. The van der Waals surface area contributed by atoms with E-state index in [-0.39, 0.29) is 0 Å². The highest BCUT2D eigenvalue weighted by atomic mass is 16.5. The standard InChI is InChI=1S/C19H20N2O/c20-11-17-5-1-2-6-18(17)14-22-19-7-3-4-16(10-19)13-21-12-15-8-9-15/h1-7,10,15,21H,8-9,12-14H2. The van der Waals surface area contributed by atoms with Crippen molar-refractivity contribution in [1.82, 2.24) is 5.32 Å². The third-order valence-corrected chi connectivity index (χ3v) is 3.89. The van der Waals surface area contributed by atoms with Gasteiger partial charge in [-0.3, -0.25) is 0 Å².